The van der Waals surface area contributed by atoms with Crippen LogP contribution in [0, 0.1) is 0 Å². The molecule has 1 atom stereocenters. The van der Waals surface area contributed by atoms with Gasteiger partial charge in [-0.15, -0.1) is 0 Å². The maximum Gasteiger partial charge on any atom is 0.338 e. The summed E-state index contributed by atoms with van der Waals surface area (Å²) in [5.74, 6) is 0.740. The van der Waals surface area contributed by atoms with Crippen molar-refractivity contribution in [1.82, 2.24) is 4.57 Å². The lowest BCUT2D eigenvalue weighted by molar-refractivity contribution is -0.138. The van der Waals surface area contributed by atoms with Gasteiger partial charge in [-0.3, -0.25) is 9.36 Å². The standard InChI is InChI=1S/C30H26N2O5S/c1-4-37-29(34)25-26(19-11-7-5-8-12-19)31-30-32(27(25)20-13-9-6-10-14-20)28(33)24(38-30)18-21-17-22(35-2)15-16-23(21)36-3/h5-18,27H,4H2,1-3H3/b24-18-. The van der Waals surface area contributed by atoms with Crippen LogP contribution in [0.25, 0.3) is 11.8 Å². The van der Waals surface area contributed by atoms with Crippen molar-refractivity contribution in [3.8, 4) is 11.5 Å². The number of esters is 1. The third-order valence-electron chi connectivity index (χ3n) is 6.21. The Morgan fingerprint density at radius 2 is 1.71 bits per heavy atom. The highest BCUT2D eigenvalue weighted by Gasteiger charge is 2.35. The minimum atomic E-state index is -0.712. The fourth-order valence-electron chi connectivity index (χ4n) is 4.48. The zero-order chi connectivity index (χ0) is 26.6. The third-order valence-corrected chi connectivity index (χ3v) is 7.20. The number of hydrogen-bond acceptors (Lipinski definition) is 7. The maximum atomic E-state index is 14.0. The molecule has 1 aliphatic heterocycles. The van der Waals surface area contributed by atoms with E-state index in [1.165, 1.54) is 11.3 Å². The van der Waals surface area contributed by atoms with Gasteiger partial charge < -0.3 is 14.2 Å². The summed E-state index contributed by atoms with van der Waals surface area (Å²) in [4.78, 5) is 32.8. The second-order valence-corrected chi connectivity index (χ2v) is 9.46. The molecule has 0 radical (unpaired) electrons. The first-order chi connectivity index (χ1) is 18.5. The van der Waals surface area contributed by atoms with Crippen LogP contribution in [0.3, 0.4) is 0 Å². The molecular formula is C30H26N2O5S. The van der Waals surface area contributed by atoms with E-state index in [2.05, 4.69) is 0 Å². The Morgan fingerprint density at radius 3 is 2.37 bits per heavy atom. The van der Waals surface area contributed by atoms with Crippen molar-refractivity contribution in [3.63, 3.8) is 0 Å². The predicted octanol–water partition coefficient (Wildman–Crippen LogP) is 3.95. The Kier molecular flexibility index (Phi) is 7.24. The molecule has 0 saturated heterocycles. The molecule has 0 spiro atoms. The summed E-state index contributed by atoms with van der Waals surface area (Å²) in [6, 6.07) is 23.6. The third kappa shape index (κ3) is 4.66. The fraction of sp³-hybridized carbons (Fsp3) is 0.167. The summed E-state index contributed by atoms with van der Waals surface area (Å²) >= 11 is 1.26. The summed E-state index contributed by atoms with van der Waals surface area (Å²) in [5, 5.41) is 0. The molecule has 192 valence electrons. The van der Waals surface area contributed by atoms with Gasteiger partial charge in [0.15, 0.2) is 4.80 Å². The lowest BCUT2D eigenvalue weighted by Crippen LogP contribution is -2.40. The zero-order valence-electron chi connectivity index (χ0n) is 21.2. The number of rotatable bonds is 7. The van der Waals surface area contributed by atoms with E-state index < -0.39 is 12.0 Å². The number of methoxy groups -OCH3 is 2. The van der Waals surface area contributed by atoms with Crippen LogP contribution in [0.5, 0.6) is 11.5 Å². The van der Waals surface area contributed by atoms with Gasteiger partial charge in [0.1, 0.15) is 11.5 Å². The Hall–Kier alpha value is -4.43. The van der Waals surface area contributed by atoms with Gasteiger partial charge in [-0.1, -0.05) is 72.0 Å². The highest BCUT2D eigenvalue weighted by Crippen LogP contribution is 2.35. The van der Waals surface area contributed by atoms with Gasteiger partial charge in [0.2, 0.25) is 0 Å². The molecule has 1 aromatic heterocycles. The van der Waals surface area contributed by atoms with Crippen LogP contribution in [0.4, 0.5) is 0 Å². The average molecular weight is 527 g/mol. The molecule has 8 heteroatoms. The second-order valence-electron chi connectivity index (χ2n) is 8.45. The molecule has 3 aromatic carbocycles. The lowest BCUT2D eigenvalue weighted by Gasteiger charge is -2.25. The second kappa shape index (κ2) is 10.9. The van der Waals surface area contributed by atoms with Crippen molar-refractivity contribution >= 4 is 29.1 Å². The number of nitrogens with zero attached hydrogens (tertiary/aromatic N) is 2. The average Bonchev–Trinajstić information content (AvgIpc) is 3.27. The summed E-state index contributed by atoms with van der Waals surface area (Å²) in [5.41, 5.74) is 2.80. The van der Waals surface area contributed by atoms with E-state index >= 15 is 0 Å². The number of fused-ring (bicyclic) bond motifs is 1. The van der Waals surface area contributed by atoms with Crippen LogP contribution < -0.4 is 24.4 Å². The van der Waals surface area contributed by atoms with E-state index in [4.69, 9.17) is 19.2 Å². The van der Waals surface area contributed by atoms with Gasteiger partial charge in [0.25, 0.3) is 5.56 Å². The minimum Gasteiger partial charge on any atom is -0.497 e. The molecule has 0 fully saturated rings. The van der Waals surface area contributed by atoms with Crippen molar-refractivity contribution in [2.45, 2.75) is 13.0 Å². The number of ether oxygens (including phenoxy) is 3. The molecule has 1 unspecified atom stereocenters. The minimum absolute atomic E-state index is 0.200. The Morgan fingerprint density at radius 1 is 1.00 bits per heavy atom. The van der Waals surface area contributed by atoms with Crippen LogP contribution in [0.2, 0.25) is 0 Å². The van der Waals surface area contributed by atoms with Crippen LogP contribution in [0.1, 0.15) is 29.7 Å². The van der Waals surface area contributed by atoms with Crippen LogP contribution in [-0.2, 0) is 9.53 Å². The van der Waals surface area contributed by atoms with E-state index in [-0.39, 0.29) is 12.2 Å². The zero-order valence-corrected chi connectivity index (χ0v) is 22.0. The quantitative estimate of drug-likeness (QED) is 0.341. The van der Waals surface area contributed by atoms with E-state index in [1.807, 2.05) is 66.7 Å². The van der Waals surface area contributed by atoms with Crippen molar-refractivity contribution in [1.29, 1.82) is 0 Å². The summed E-state index contributed by atoms with van der Waals surface area (Å²) in [7, 11) is 3.16. The SMILES string of the molecule is CCOC(=O)C1=C(c2ccccc2)N=c2s/c(=C\c3cc(OC)ccc3OC)c(=O)n2C1c1ccccc1. The van der Waals surface area contributed by atoms with E-state index in [0.717, 1.165) is 11.1 Å². The molecule has 0 bridgehead atoms. The molecule has 2 heterocycles. The van der Waals surface area contributed by atoms with Gasteiger partial charge in [-0.25, -0.2) is 9.79 Å². The number of hydrogen-bond donors (Lipinski definition) is 0. The van der Waals surface area contributed by atoms with Crippen LogP contribution >= 0.6 is 11.3 Å². The van der Waals surface area contributed by atoms with E-state index in [1.54, 1.807) is 43.9 Å². The fourth-order valence-corrected chi connectivity index (χ4v) is 5.48. The lowest BCUT2D eigenvalue weighted by atomic mass is 9.93. The first-order valence-electron chi connectivity index (χ1n) is 12.1. The predicted molar refractivity (Wildman–Crippen MR) is 147 cm³/mol. The van der Waals surface area contributed by atoms with Crippen molar-refractivity contribution in [3.05, 3.63) is 121 Å². The van der Waals surface area contributed by atoms with Crippen LogP contribution in [0.15, 0.2) is 94.2 Å². The molecule has 0 amide bonds. The Bertz CT molecular complexity index is 1690. The molecule has 0 N–H and O–H groups in total. The number of carbonyl (C=O) groups excluding carboxylic acids is 1. The molecule has 1 aliphatic rings. The first kappa shape index (κ1) is 25.2. The maximum absolute atomic E-state index is 14.0. The molecule has 0 aliphatic carbocycles. The Balaban J connectivity index is 1.82. The largest absolute Gasteiger partial charge is 0.497 e. The highest BCUT2D eigenvalue weighted by atomic mass is 32.1. The molecule has 7 nitrogen and oxygen atoms in total. The van der Waals surface area contributed by atoms with Gasteiger partial charge in [0, 0.05) is 11.1 Å². The number of carbonyl (C=O) groups is 1. The van der Waals surface area contributed by atoms with Gasteiger partial charge in [-0.05, 0) is 36.8 Å². The monoisotopic (exact) mass is 526 g/mol. The first-order valence-corrected chi connectivity index (χ1v) is 12.9. The van der Waals surface area contributed by atoms with Crippen LogP contribution in [-0.4, -0.2) is 31.4 Å². The van der Waals surface area contributed by atoms with E-state index in [9.17, 15) is 9.59 Å². The number of aromatic nitrogens is 1. The van der Waals surface area contributed by atoms with Gasteiger partial charge in [-0.2, -0.15) is 0 Å². The molecular weight excluding hydrogens is 500 g/mol. The highest BCUT2D eigenvalue weighted by molar-refractivity contribution is 7.07. The summed E-state index contributed by atoms with van der Waals surface area (Å²) < 4.78 is 18.4. The number of thiazole rings is 1. The van der Waals surface area contributed by atoms with Crippen molar-refractivity contribution < 1.29 is 19.0 Å². The topological polar surface area (TPSA) is 79.1 Å². The molecule has 38 heavy (non-hydrogen) atoms. The summed E-state index contributed by atoms with van der Waals surface area (Å²) in [6.07, 6.45) is 1.77. The Labute approximate surface area is 223 Å². The van der Waals surface area contributed by atoms with E-state index in [0.29, 0.717) is 37.7 Å². The molecule has 4 aromatic rings. The van der Waals surface area contributed by atoms with Gasteiger partial charge >= 0.3 is 5.97 Å². The van der Waals surface area contributed by atoms with Crippen molar-refractivity contribution in [2.24, 2.45) is 4.99 Å². The normalized spacial score (nSPS) is 15.0. The smallest absolute Gasteiger partial charge is 0.338 e. The van der Waals surface area contributed by atoms with Gasteiger partial charge in [0.05, 0.1) is 42.7 Å². The number of benzene rings is 3. The van der Waals surface area contributed by atoms with Crippen molar-refractivity contribution in [2.75, 3.05) is 20.8 Å². The summed E-state index contributed by atoms with van der Waals surface area (Å²) in [6.45, 7) is 1.96. The molecule has 0 saturated carbocycles. The molecule has 5 rings (SSSR count).